The number of carbonyl (C=O) groups excluding carboxylic acids is 1. The highest BCUT2D eigenvalue weighted by molar-refractivity contribution is 7.80. The maximum absolute atomic E-state index is 12.9. The van der Waals surface area contributed by atoms with Crippen molar-refractivity contribution in [1.29, 1.82) is 0 Å². The molecule has 0 aromatic heterocycles. The Morgan fingerprint density at radius 3 is 2.41 bits per heavy atom. The van der Waals surface area contributed by atoms with Gasteiger partial charge in [-0.15, -0.1) is 0 Å². The number of nitrogens with one attached hydrogen (secondary N) is 1. The number of hydrogen-bond acceptors (Lipinski definition) is 6. The number of methoxy groups -OCH3 is 2. The van der Waals surface area contributed by atoms with Crippen LogP contribution in [0.2, 0.25) is 5.02 Å². The minimum atomic E-state index is -0.646. The third kappa shape index (κ3) is 4.63. The number of anilines is 1. The molecule has 0 radical (unpaired) electrons. The van der Waals surface area contributed by atoms with Crippen LogP contribution in [0.1, 0.15) is 0 Å². The second-order valence-electron chi connectivity index (χ2n) is 7.29. The first-order chi connectivity index (χ1) is 15.5. The molecule has 0 bridgehead atoms. The van der Waals surface area contributed by atoms with Crippen LogP contribution in [-0.2, 0) is 4.79 Å². The topological polar surface area (TPSA) is 72.5 Å². The fraction of sp³-hybridized carbons (Fsp3) is 0.364. The summed E-state index contributed by atoms with van der Waals surface area (Å²) in [6.07, 6.45) is -0.646. The summed E-state index contributed by atoms with van der Waals surface area (Å²) in [6.45, 7) is 2.45. The number of rotatable bonds is 4. The van der Waals surface area contributed by atoms with Crippen molar-refractivity contribution in [1.82, 2.24) is 9.80 Å². The Balaban J connectivity index is 1.34. The molecule has 0 saturated carbocycles. The fourth-order valence-electron chi connectivity index (χ4n) is 3.63. The molecule has 32 heavy (non-hydrogen) atoms. The predicted octanol–water partition coefficient (Wildman–Crippen LogP) is 3.04. The van der Waals surface area contributed by atoms with Gasteiger partial charge in [0.05, 0.1) is 24.9 Å². The molecule has 8 nitrogen and oxygen atoms in total. The summed E-state index contributed by atoms with van der Waals surface area (Å²) in [7, 11) is 3.11. The van der Waals surface area contributed by atoms with Crippen LogP contribution in [-0.4, -0.2) is 73.9 Å². The lowest BCUT2D eigenvalue weighted by Gasteiger charge is -2.38. The van der Waals surface area contributed by atoms with Crippen LogP contribution in [0.25, 0.3) is 0 Å². The minimum absolute atomic E-state index is 0.0814. The first-order valence-corrected chi connectivity index (χ1v) is 10.9. The number of amides is 1. The number of nitrogens with zero attached hydrogens (tertiary/aromatic N) is 2. The Bertz CT molecular complexity index is 1010. The standard InChI is InChI=1S/C22H24ClN3O5S/c1-28-18-12-15(19(29-2)11-14(18)23)24-22(32)26-9-7-25(8-10-26)21(27)20-13-30-16-5-3-4-6-17(16)31-20/h3-6,11-12,20H,7-10,13H2,1-2H3,(H,24,32). The van der Waals surface area contributed by atoms with Crippen LogP contribution in [0.15, 0.2) is 36.4 Å². The van der Waals surface area contributed by atoms with Gasteiger partial charge in [-0.1, -0.05) is 23.7 Å². The van der Waals surface area contributed by atoms with E-state index in [9.17, 15) is 4.79 Å². The van der Waals surface area contributed by atoms with Crippen molar-refractivity contribution in [3.8, 4) is 23.0 Å². The molecule has 2 aliphatic heterocycles. The monoisotopic (exact) mass is 477 g/mol. The molecule has 170 valence electrons. The third-order valence-electron chi connectivity index (χ3n) is 5.38. The summed E-state index contributed by atoms with van der Waals surface area (Å²) < 4.78 is 22.2. The molecule has 1 N–H and O–H groups in total. The number of para-hydroxylation sites is 2. The summed E-state index contributed by atoms with van der Waals surface area (Å²) in [5.41, 5.74) is 0.656. The highest BCUT2D eigenvalue weighted by Gasteiger charge is 2.33. The van der Waals surface area contributed by atoms with Gasteiger partial charge in [0.2, 0.25) is 6.10 Å². The number of carbonyl (C=O) groups is 1. The first kappa shape index (κ1) is 22.3. The molecule has 4 rings (SSSR count). The zero-order valence-electron chi connectivity index (χ0n) is 17.8. The number of hydrogen-bond donors (Lipinski definition) is 1. The van der Waals surface area contributed by atoms with Gasteiger partial charge in [-0.2, -0.15) is 0 Å². The SMILES string of the molecule is COc1cc(NC(=S)N2CCN(C(=O)C3COc4ccccc4O3)CC2)c(OC)cc1Cl. The molecule has 2 heterocycles. The van der Waals surface area contributed by atoms with E-state index in [0.717, 1.165) is 0 Å². The van der Waals surface area contributed by atoms with Gasteiger partial charge in [0.1, 0.15) is 18.1 Å². The van der Waals surface area contributed by atoms with Gasteiger partial charge in [-0.3, -0.25) is 4.79 Å². The Kier molecular flexibility index (Phi) is 6.76. The molecule has 1 saturated heterocycles. The average Bonchev–Trinajstić information content (AvgIpc) is 2.84. The molecule has 1 amide bonds. The van der Waals surface area contributed by atoms with E-state index in [-0.39, 0.29) is 12.5 Å². The van der Waals surface area contributed by atoms with Gasteiger partial charge >= 0.3 is 0 Å². The lowest BCUT2D eigenvalue weighted by atomic mass is 10.2. The molecular formula is C22H24ClN3O5S. The van der Waals surface area contributed by atoms with Crippen LogP contribution in [0, 0.1) is 0 Å². The molecule has 1 unspecified atom stereocenters. The van der Waals surface area contributed by atoms with Crippen molar-refractivity contribution in [2.75, 3.05) is 52.3 Å². The second kappa shape index (κ2) is 9.70. The van der Waals surface area contributed by atoms with Gasteiger partial charge in [0, 0.05) is 38.3 Å². The van der Waals surface area contributed by atoms with E-state index < -0.39 is 6.10 Å². The van der Waals surface area contributed by atoms with Crippen LogP contribution >= 0.6 is 23.8 Å². The lowest BCUT2D eigenvalue weighted by Crippen LogP contribution is -2.55. The summed E-state index contributed by atoms with van der Waals surface area (Å²) >= 11 is 11.8. The van der Waals surface area contributed by atoms with Crippen molar-refractivity contribution in [3.63, 3.8) is 0 Å². The smallest absolute Gasteiger partial charge is 0.267 e. The van der Waals surface area contributed by atoms with E-state index in [0.29, 0.717) is 65.0 Å². The second-order valence-corrected chi connectivity index (χ2v) is 8.09. The van der Waals surface area contributed by atoms with Crippen molar-refractivity contribution in [2.45, 2.75) is 6.10 Å². The number of piperazine rings is 1. The number of benzene rings is 2. The molecule has 0 spiro atoms. The van der Waals surface area contributed by atoms with Crippen LogP contribution in [0.3, 0.4) is 0 Å². The van der Waals surface area contributed by atoms with Gasteiger partial charge in [-0.25, -0.2) is 0 Å². The van der Waals surface area contributed by atoms with Gasteiger partial charge in [0.15, 0.2) is 16.6 Å². The highest BCUT2D eigenvalue weighted by atomic mass is 35.5. The van der Waals surface area contributed by atoms with Crippen LogP contribution < -0.4 is 24.3 Å². The first-order valence-electron chi connectivity index (χ1n) is 10.1. The number of fused-ring (bicyclic) bond motifs is 1. The van der Waals surface area contributed by atoms with E-state index in [2.05, 4.69) is 5.32 Å². The van der Waals surface area contributed by atoms with Gasteiger partial charge in [0.25, 0.3) is 5.91 Å². The third-order valence-corrected chi connectivity index (χ3v) is 6.03. The Morgan fingerprint density at radius 1 is 1.06 bits per heavy atom. The Hall–Kier alpha value is -2.91. The van der Waals surface area contributed by atoms with E-state index in [4.69, 9.17) is 42.8 Å². The van der Waals surface area contributed by atoms with Crippen LogP contribution in [0.4, 0.5) is 5.69 Å². The molecule has 2 aliphatic rings. The molecule has 1 atom stereocenters. The fourth-order valence-corrected chi connectivity index (χ4v) is 4.15. The summed E-state index contributed by atoms with van der Waals surface area (Å²) in [5.74, 6) is 2.24. The van der Waals surface area contributed by atoms with E-state index >= 15 is 0 Å². The highest BCUT2D eigenvalue weighted by Crippen LogP contribution is 2.36. The van der Waals surface area contributed by atoms with Crippen molar-refractivity contribution < 1.29 is 23.7 Å². The lowest BCUT2D eigenvalue weighted by molar-refractivity contribution is -0.142. The minimum Gasteiger partial charge on any atom is -0.495 e. The molecule has 0 aliphatic carbocycles. The molecular weight excluding hydrogens is 454 g/mol. The summed E-state index contributed by atoms with van der Waals surface area (Å²) in [4.78, 5) is 16.7. The molecule has 1 fully saturated rings. The number of halogens is 1. The molecule has 10 heteroatoms. The maximum Gasteiger partial charge on any atom is 0.267 e. The normalized spacial score (nSPS) is 17.5. The Morgan fingerprint density at radius 2 is 1.72 bits per heavy atom. The van der Waals surface area contributed by atoms with Gasteiger partial charge < -0.3 is 34.1 Å². The largest absolute Gasteiger partial charge is 0.495 e. The van der Waals surface area contributed by atoms with Crippen LogP contribution in [0.5, 0.6) is 23.0 Å². The number of thiocarbonyl (C=S) groups is 1. The molecule has 2 aromatic rings. The van der Waals surface area contributed by atoms with Crippen molar-refractivity contribution in [2.24, 2.45) is 0 Å². The van der Waals surface area contributed by atoms with E-state index in [1.165, 1.54) is 0 Å². The zero-order valence-corrected chi connectivity index (χ0v) is 19.4. The quantitative estimate of drug-likeness (QED) is 0.674. The summed E-state index contributed by atoms with van der Waals surface area (Å²) in [6, 6.07) is 10.8. The van der Waals surface area contributed by atoms with Crippen molar-refractivity contribution >= 4 is 40.5 Å². The number of ether oxygens (including phenoxy) is 4. The Labute approximate surface area is 196 Å². The predicted molar refractivity (Wildman–Crippen MR) is 125 cm³/mol. The van der Waals surface area contributed by atoms with Crippen molar-refractivity contribution in [3.05, 3.63) is 41.4 Å². The average molecular weight is 478 g/mol. The van der Waals surface area contributed by atoms with E-state index in [1.54, 1.807) is 37.3 Å². The zero-order chi connectivity index (χ0) is 22.7. The summed E-state index contributed by atoms with van der Waals surface area (Å²) in [5, 5.41) is 4.18. The maximum atomic E-state index is 12.9. The van der Waals surface area contributed by atoms with Gasteiger partial charge in [-0.05, 0) is 24.4 Å². The molecule has 2 aromatic carbocycles. The van der Waals surface area contributed by atoms with E-state index in [1.807, 2.05) is 23.1 Å².